The number of benzene rings is 1. The SMILES string of the molecule is O=C(NC1CCS(=O)(=O)CC1)[C@@H]1C[C@@H]1c1ccc(Cl)cc1. The predicted molar refractivity (Wildman–Crippen MR) is 82.1 cm³/mol. The molecule has 1 saturated carbocycles. The number of carbonyl (C=O) groups excluding carboxylic acids is 1. The molecule has 1 saturated heterocycles. The third kappa shape index (κ3) is 3.58. The van der Waals surface area contributed by atoms with Gasteiger partial charge in [-0.15, -0.1) is 0 Å². The first-order valence-corrected chi connectivity index (χ1v) is 9.41. The molecule has 0 unspecified atom stereocenters. The summed E-state index contributed by atoms with van der Waals surface area (Å²) in [4.78, 5) is 12.2. The average molecular weight is 328 g/mol. The molecule has 1 aliphatic carbocycles. The highest BCUT2D eigenvalue weighted by atomic mass is 35.5. The van der Waals surface area contributed by atoms with Crippen molar-refractivity contribution in [2.75, 3.05) is 11.5 Å². The average Bonchev–Trinajstić information content (AvgIpc) is 3.22. The van der Waals surface area contributed by atoms with E-state index in [-0.39, 0.29) is 35.3 Å². The van der Waals surface area contributed by atoms with E-state index in [4.69, 9.17) is 11.6 Å². The van der Waals surface area contributed by atoms with E-state index in [1.54, 1.807) is 0 Å². The van der Waals surface area contributed by atoms with Gasteiger partial charge in [0.25, 0.3) is 0 Å². The van der Waals surface area contributed by atoms with Gasteiger partial charge in [-0.3, -0.25) is 4.79 Å². The first-order valence-electron chi connectivity index (χ1n) is 7.21. The Kier molecular flexibility index (Phi) is 3.97. The Morgan fingerprint density at radius 1 is 1.14 bits per heavy atom. The number of carbonyl (C=O) groups is 1. The normalized spacial score (nSPS) is 28.0. The molecule has 1 aliphatic heterocycles. The van der Waals surface area contributed by atoms with Crippen LogP contribution in [0.1, 0.15) is 30.7 Å². The molecular weight excluding hydrogens is 310 g/mol. The van der Waals surface area contributed by atoms with Gasteiger partial charge in [0.2, 0.25) is 5.91 Å². The van der Waals surface area contributed by atoms with Crippen molar-refractivity contribution < 1.29 is 13.2 Å². The highest BCUT2D eigenvalue weighted by molar-refractivity contribution is 7.91. The van der Waals surface area contributed by atoms with E-state index in [0.717, 1.165) is 12.0 Å². The van der Waals surface area contributed by atoms with E-state index in [1.165, 1.54) is 0 Å². The summed E-state index contributed by atoms with van der Waals surface area (Å²) in [6.07, 6.45) is 1.93. The number of sulfone groups is 1. The minimum atomic E-state index is -2.88. The summed E-state index contributed by atoms with van der Waals surface area (Å²) in [5, 5.41) is 3.70. The van der Waals surface area contributed by atoms with Crippen molar-refractivity contribution in [1.82, 2.24) is 5.32 Å². The summed E-state index contributed by atoms with van der Waals surface area (Å²) in [6, 6.07) is 7.63. The molecule has 6 heteroatoms. The summed E-state index contributed by atoms with van der Waals surface area (Å²) in [7, 11) is -2.88. The molecule has 0 bridgehead atoms. The first kappa shape index (κ1) is 14.9. The van der Waals surface area contributed by atoms with Gasteiger partial charge >= 0.3 is 0 Å². The van der Waals surface area contributed by atoms with Gasteiger partial charge in [-0.05, 0) is 42.9 Å². The molecule has 1 heterocycles. The third-order valence-corrected chi connectivity index (χ3v) is 6.29. The maximum atomic E-state index is 12.2. The maximum Gasteiger partial charge on any atom is 0.223 e. The molecule has 3 rings (SSSR count). The van der Waals surface area contributed by atoms with Gasteiger partial charge in [-0.1, -0.05) is 23.7 Å². The summed E-state index contributed by atoms with van der Waals surface area (Å²) < 4.78 is 22.7. The van der Waals surface area contributed by atoms with Gasteiger partial charge in [0.05, 0.1) is 11.5 Å². The molecule has 2 atom stereocenters. The lowest BCUT2D eigenvalue weighted by atomic mass is 10.1. The van der Waals surface area contributed by atoms with Crippen LogP contribution in [0.2, 0.25) is 5.02 Å². The summed E-state index contributed by atoms with van der Waals surface area (Å²) >= 11 is 5.86. The zero-order valence-corrected chi connectivity index (χ0v) is 13.2. The van der Waals surface area contributed by atoms with E-state index in [1.807, 2.05) is 24.3 Å². The molecule has 1 aromatic rings. The monoisotopic (exact) mass is 327 g/mol. The molecule has 21 heavy (non-hydrogen) atoms. The Labute approximate surface area is 129 Å². The van der Waals surface area contributed by atoms with Crippen molar-refractivity contribution >= 4 is 27.3 Å². The van der Waals surface area contributed by atoms with Crippen molar-refractivity contribution in [3.63, 3.8) is 0 Å². The first-order chi connectivity index (χ1) is 9.94. The predicted octanol–water partition coefficient (Wildman–Crippen LogP) is 2.14. The van der Waals surface area contributed by atoms with Crippen LogP contribution in [-0.4, -0.2) is 31.9 Å². The number of hydrogen-bond acceptors (Lipinski definition) is 3. The molecular formula is C15H18ClNO3S. The third-order valence-electron chi connectivity index (χ3n) is 4.33. The van der Waals surface area contributed by atoms with Gasteiger partial charge in [-0.25, -0.2) is 8.42 Å². The molecule has 0 spiro atoms. The molecule has 1 amide bonds. The second-order valence-electron chi connectivity index (χ2n) is 5.93. The molecule has 1 aromatic carbocycles. The second kappa shape index (κ2) is 5.61. The number of rotatable bonds is 3. The fourth-order valence-electron chi connectivity index (χ4n) is 2.91. The Morgan fingerprint density at radius 3 is 2.38 bits per heavy atom. The van der Waals surface area contributed by atoms with Gasteiger partial charge in [0, 0.05) is 17.0 Å². The zero-order chi connectivity index (χ0) is 15.0. The van der Waals surface area contributed by atoms with E-state index in [2.05, 4.69) is 5.32 Å². The van der Waals surface area contributed by atoms with Gasteiger partial charge in [0.1, 0.15) is 9.84 Å². The largest absolute Gasteiger partial charge is 0.353 e. The van der Waals surface area contributed by atoms with Crippen LogP contribution in [-0.2, 0) is 14.6 Å². The lowest BCUT2D eigenvalue weighted by Gasteiger charge is -2.23. The molecule has 0 radical (unpaired) electrons. The number of hydrogen-bond donors (Lipinski definition) is 1. The Bertz CT molecular complexity index is 627. The van der Waals surface area contributed by atoms with Crippen LogP contribution in [0, 0.1) is 5.92 Å². The van der Waals surface area contributed by atoms with Gasteiger partial charge < -0.3 is 5.32 Å². The number of amides is 1. The minimum Gasteiger partial charge on any atom is -0.353 e. The summed E-state index contributed by atoms with van der Waals surface area (Å²) in [5.74, 6) is 0.713. The topological polar surface area (TPSA) is 63.2 Å². The Balaban J connectivity index is 1.53. The van der Waals surface area contributed by atoms with Crippen LogP contribution >= 0.6 is 11.6 Å². The lowest BCUT2D eigenvalue weighted by molar-refractivity contribution is -0.123. The van der Waals surface area contributed by atoms with E-state index < -0.39 is 9.84 Å². The maximum absolute atomic E-state index is 12.2. The Morgan fingerprint density at radius 2 is 1.76 bits per heavy atom. The standard InChI is InChI=1S/C15H18ClNO3S/c16-11-3-1-10(2-4-11)13-9-14(13)15(18)17-12-5-7-21(19,20)8-6-12/h1-4,12-14H,5-9H2,(H,17,18)/t13-,14-/m1/s1. The minimum absolute atomic E-state index is 0.00694. The molecule has 1 N–H and O–H groups in total. The van der Waals surface area contributed by atoms with Crippen LogP contribution < -0.4 is 5.32 Å². The zero-order valence-electron chi connectivity index (χ0n) is 11.6. The highest BCUT2D eigenvalue weighted by Gasteiger charge is 2.44. The molecule has 0 aromatic heterocycles. The summed E-state index contributed by atoms with van der Waals surface area (Å²) in [6.45, 7) is 0. The Hall–Kier alpha value is -1.07. The van der Waals surface area contributed by atoms with Crippen molar-refractivity contribution in [1.29, 1.82) is 0 Å². The van der Waals surface area contributed by atoms with Gasteiger partial charge in [-0.2, -0.15) is 0 Å². The van der Waals surface area contributed by atoms with E-state index >= 15 is 0 Å². The number of halogens is 1. The fraction of sp³-hybridized carbons (Fsp3) is 0.533. The lowest BCUT2D eigenvalue weighted by Crippen LogP contribution is -2.41. The number of nitrogens with one attached hydrogen (secondary N) is 1. The van der Waals surface area contributed by atoms with Crippen LogP contribution in [0.3, 0.4) is 0 Å². The van der Waals surface area contributed by atoms with E-state index in [9.17, 15) is 13.2 Å². The molecule has 2 fully saturated rings. The van der Waals surface area contributed by atoms with Crippen molar-refractivity contribution in [2.45, 2.75) is 31.2 Å². The van der Waals surface area contributed by atoms with Crippen molar-refractivity contribution in [2.24, 2.45) is 5.92 Å². The molecule has 114 valence electrons. The fourth-order valence-corrected chi connectivity index (χ4v) is 4.52. The quantitative estimate of drug-likeness (QED) is 0.925. The highest BCUT2D eigenvalue weighted by Crippen LogP contribution is 2.47. The van der Waals surface area contributed by atoms with Crippen LogP contribution in [0.25, 0.3) is 0 Å². The van der Waals surface area contributed by atoms with Crippen LogP contribution in [0.4, 0.5) is 0 Å². The van der Waals surface area contributed by atoms with Crippen molar-refractivity contribution in [3.8, 4) is 0 Å². The summed E-state index contributed by atoms with van der Waals surface area (Å²) in [5.41, 5.74) is 1.14. The van der Waals surface area contributed by atoms with Crippen LogP contribution in [0.5, 0.6) is 0 Å². The second-order valence-corrected chi connectivity index (χ2v) is 8.67. The van der Waals surface area contributed by atoms with Gasteiger partial charge in [0.15, 0.2) is 0 Å². The molecule has 4 nitrogen and oxygen atoms in total. The van der Waals surface area contributed by atoms with E-state index in [0.29, 0.717) is 17.9 Å². The molecule has 2 aliphatic rings. The van der Waals surface area contributed by atoms with Crippen LogP contribution in [0.15, 0.2) is 24.3 Å². The smallest absolute Gasteiger partial charge is 0.223 e. The van der Waals surface area contributed by atoms with Crippen molar-refractivity contribution in [3.05, 3.63) is 34.9 Å².